The normalized spacial score (nSPS) is 22.7. The minimum absolute atomic E-state index is 0.0500. The molecule has 3 heteroatoms. The molecule has 7 heavy (non-hydrogen) atoms. The van der Waals surface area contributed by atoms with Gasteiger partial charge in [0.05, 0.1) is 0 Å². The van der Waals surface area contributed by atoms with Crippen LogP contribution in [-0.2, 0) is 0 Å². The van der Waals surface area contributed by atoms with Crippen molar-refractivity contribution in [2.24, 2.45) is 0 Å². The quantitative estimate of drug-likeness (QED) is 0.619. The molecule has 0 spiro atoms. The van der Waals surface area contributed by atoms with Gasteiger partial charge in [0.15, 0.2) is 0 Å². The van der Waals surface area contributed by atoms with Gasteiger partial charge < -0.3 is 0 Å². The van der Waals surface area contributed by atoms with Crippen molar-refractivity contribution in [2.75, 3.05) is 0 Å². The highest BCUT2D eigenvalue weighted by Crippen LogP contribution is 2.62. The Morgan fingerprint density at radius 2 is 1.86 bits per heavy atom. The molecule has 0 nitrogen and oxygen atoms in total. The molecule has 1 fully saturated rings. The van der Waals surface area contributed by atoms with Crippen molar-refractivity contribution in [3.05, 3.63) is 0 Å². The van der Waals surface area contributed by atoms with E-state index in [0.717, 1.165) is 5.66 Å². The third-order valence-electron chi connectivity index (χ3n) is 1.35. The van der Waals surface area contributed by atoms with Crippen LogP contribution in [0.25, 0.3) is 0 Å². The second-order valence-corrected chi connectivity index (χ2v) is 10.5. The van der Waals surface area contributed by atoms with Crippen molar-refractivity contribution < 1.29 is 0 Å². The molecule has 0 aliphatic heterocycles. The molecule has 1 saturated carbocycles. The zero-order valence-corrected chi connectivity index (χ0v) is 7.97. The Morgan fingerprint density at radius 3 is 1.86 bits per heavy atom. The van der Waals surface area contributed by atoms with Gasteiger partial charge in [-0.2, -0.15) is 0 Å². The largest absolute Gasteiger partial charge is 0.0520 e. The average molecular weight is 246 g/mol. The number of hydrogen-bond acceptors (Lipinski definition) is 0. The Labute approximate surface area is 61.3 Å². The van der Waals surface area contributed by atoms with Crippen molar-refractivity contribution in [1.82, 2.24) is 0 Å². The summed E-state index contributed by atoms with van der Waals surface area (Å²) in [5.41, 5.74) is 0.981. The van der Waals surface area contributed by atoms with Crippen LogP contribution in [0.5, 0.6) is 0 Å². The van der Waals surface area contributed by atoms with E-state index in [1.807, 2.05) is 0 Å². The first kappa shape index (κ1) is 6.51. The molecular formula is C4H7Br2P. The molecule has 0 amide bonds. The zero-order chi connectivity index (χ0) is 5.28. The maximum absolute atomic E-state index is 3.53. The molecule has 0 bridgehead atoms. The Balaban J connectivity index is 2.14. The van der Waals surface area contributed by atoms with Crippen molar-refractivity contribution in [1.29, 1.82) is 0 Å². The summed E-state index contributed by atoms with van der Waals surface area (Å²) in [6.07, 6.45) is 4.31. The van der Waals surface area contributed by atoms with Crippen molar-refractivity contribution in [3.63, 3.8) is 0 Å². The van der Waals surface area contributed by atoms with Crippen LogP contribution in [0.4, 0.5) is 0 Å². The van der Waals surface area contributed by atoms with Gasteiger partial charge in [0, 0.05) is 5.33 Å². The lowest BCUT2D eigenvalue weighted by Crippen LogP contribution is -2.11. The molecule has 1 aliphatic rings. The lowest BCUT2D eigenvalue weighted by molar-refractivity contribution is 0.520. The molecule has 0 atom stereocenters. The maximum atomic E-state index is 3.53. The highest BCUT2D eigenvalue weighted by molar-refractivity contribution is 9.69. The molecule has 0 aromatic rings. The lowest BCUT2D eigenvalue weighted by atomic mass is 10.00. The Bertz CT molecular complexity index is 60.7. The van der Waals surface area contributed by atoms with Crippen LogP contribution in [0.15, 0.2) is 0 Å². The summed E-state index contributed by atoms with van der Waals surface area (Å²) >= 11 is 7.07. The van der Waals surface area contributed by atoms with E-state index in [2.05, 4.69) is 31.0 Å². The van der Waals surface area contributed by atoms with Crippen LogP contribution in [0.3, 0.4) is 0 Å². The predicted octanol–water partition coefficient (Wildman–Crippen LogP) is 3.64. The first-order valence-corrected chi connectivity index (χ1v) is 7.86. The summed E-state index contributed by atoms with van der Waals surface area (Å²) in [7, 11) is 0. The van der Waals surface area contributed by atoms with Gasteiger partial charge in [-0.15, -0.1) is 0 Å². The molecule has 42 valence electrons. The molecule has 0 radical (unpaired) electrons. The Kier molecular flexibility index (Phi) is 2.60. The molecule has 0 aromatic carbocycles. The average Bonchev–Trinajstić information content (AvgIpc) is 1.23. The fourth-order valence-electron chi connectivity index (χ4n) is 0.582. The van der Waals surface area contributed by atoms with Crippen molar-refractivity contribution >= 4 is 36.3 Å². The first-order chi connectivity index (χ1) is 3.30. The van der Waals surface area contributed by atoms with Gasteiger partial charge >= 0.3 is 0 Å². The third kappa shape index (κ3) is 1.65. The summed E-state index contributed by atoms with van der Waals surface area (Å²) in [6.45, 7) is 0. The van der Waals surface area contributed by atoms with Crippen LogP contribution >= 0.6 is 36.3 Å². The smallest absolute Gasteiger partial charge is 0.0378 e. The van der Waals surface area contributed by atoms with Gasteiger partial charge in [0.2, 0.25) is 0 Å². The van der Waals surface area contributed by atoms with E-state index in [-0.39, 0.29) is 5.33 Å². The molecule has 0 heterocycles. The summed E-state index contributed by atoms with van der Waals surface area (Å²) in [6, 6.07) is 0. The second-order valence-electron chi connectivity index (χ2n) is 1.84. The van der Waals surface area contributed by atoms with Crippen LogP contribution < -0.4 is 0 Å². The standard InChI is InChI=1S/C4H7Br2P/c5-7(6)4-2-1-3-4/h4H,1-3H2. The van der Waals surface area contributed by atoms with Gasteiger partial charge in [-0.3, -0.25) is 0 Å². The van der Waals surface area contributed by atoms with Crippen molar-refractivity contribution in [2.45, 2.75) is 24.9 Å². The zero-order valence-electron chi connectivity index (χ0n) is 3.90. The molecule has 1 rings (SSSR count). The highest BCUT2D eigenvalue weighted by atomic mass is 79.9. The third-order valence-corrected chi connectivity index (χ3v) is 5.89. The van der Waals surface area contributed by atoms with Gasteiger partial charge in [-0.25, -0.2) is 0 Å². The summed E-state index contributed by atoms with van der Waals surface area (Å²) in [4.78, 5) is 0. The molecule has 0 saturated heterocycles. The van der Waals surface area contributed by atoms with E-state index >= 15 is 0 Å². The molecular weight excluding hydrogens is 239 g/mol. The van der Waals surface area contributed by atoms with Gasteiger partial charge in [-0.05, 0) is 49.5 Å². The summed E-state index contributed by atoms with van der Waals surface area (Å²) in [5, 5.41) is 0.0500. The fourth-order valence-corrected chi connectivity index (χ4v) is 3.79. The summed E-state index contributed by atoms with van der Waals surface area (Å²) < 4.78 is 0. The molecule has 0 aromatic heterocycles. The van der Waals surface area contributed by atoms with E-state index < -0.39 is 0 Å². The van der Waals surface area contributed by atoms with Crippen LogP contribution in [-0.4, -0.2) is 5.66 Å². The second kappa shape index (κ2) is 2.80. The number of rotatable bonds is 1. The van der Waals surface area contributed by atoms with Crippen molar-refractivity contribution in [3.8, 4) is 0 Å². The van der Waals surface area contributed by atoms with Crippen LogP contribution in [0, 0.1) is 0 Å². The Morgan fingerprint density at radius 1 is 1.29 bits per heavy atom. The van der Waals surface area contributed by atoms with Gasteiger partial charge in [-0.1, -0.05) is 6.42 Å². The van der Waals surface area contributed by atoms with Gasteiger partial charge in [0.25, 0.3) is 0 Å². The minimum atomic E-state index is 0.0500. The SMILES string of the molecule is BrP(Br)C1CCC1. The fraction of sp³-hybridized carbons (Fsp3) is 1.00. The van der Waals surface area contributed by atoms with E-state index in [1.54, 1.807) is 0 Å². The van der Waals surface area contributed by atoms with E-state index in [1.165, 1.54) is 19.3 Å². The monoisotopic (exact) mass is 244 g/mol. The Hall–Kier alpha value is 1.39. The minimum Gasteiger partial charge on any atom is -0.0520 e. The van der Waals surface area contributed by atoms with Crippen LogP contribution in [0.2, 0.25) is 0 Å². The number of halogens is 2. The van der Waals surface area contributed by atoms with E-state index in [0.29, 0.717) is 0 Å². The van der Waals surface area contributed by atoms with E-state index in [9.17, 15) is 0 Å². The molecule has 0 N–H and O–H groups in total. The van der Waals surface area contributed by atoms with E-state index in [4.69, 9.17) is 0 Å². The maximum Gasteiger partial charge on any atom is 0.0378 e. The first-order valence-electron chi connectivity index (χ1n) is 2.41. The summed E-state index contributed by atoms with van der Waals surface area (Å²) in [5.74, 6) is 0. The van der Waals surface area contributed by atoms with Gasteiger partial charge in [0.1, 0.15) is 0 Å². The molecule has 0 unspecified atom stereocenters. The topological polar surface area (TPSA) is 0 Å². The highest BCUT2D eigenvalue weighted by Gasteiger charge is 2.22. The predicted molar refractivity (Wildman–Crippen MR) is 42.4 cm³/mol. The van der Waals surface area contributed by atoms with Crippen LogP contribution in [0.1, 0.15) is 19.3 Å². The number of hydrogen-bond donors (Lipinski definition) is 0. The molecule has 1 aliphatic carbocycles. The lowest BCUT2D eigenvalue weighted by Gasteiger charge is -2.25.